The molecule has 0 saturated heterocycles. The molecule has 1 heteroatoms. The predicted molar refractivity (Wildman–Crippen MR) is 54.0 cm³/mol. The van der Waals surface area contributed by atoms with Gasteiger partial charge in [-0.05, 0) is 19.3 Å². The standard InChI is InChI=1S/C10H13Br/c1-9-3-2-4-10(6-5-9)7-8-11/h2,4,6H,1,3,5,7-8H2. The quantitative estimate of drug-likeness (QED) is 0.485. The number of hydrogen-bond acceptors (Lipinski definition) is 0. The van der Waals surface area contributed by atoms with E-state index < -0.39 is 0 Å². The van der Waals surface area contributed by atoms with Crippen LogP contribution < -0.4 is 0 Å². The van der Waals surface area contributed by atoms with E-state index in [1.165, 1.54) is 11.1 Å². The molecule has 1 aliphatic rings. The van der Waals surface area contributed by atoms with Crippen LogP contribution in [0.1, 0.15) is 19.3 Å². The van der Waals surface area contributed by atoms with Crippen LogP contribution in [0.3, 0.4) is 0 Å². The van der Waals surface area contributed by atoms with Gasteiger partial charge in [0, 0.05) is 5.33 Å². The predicted octanol–water partition coefficient (Wildman–Crippen LogP) is 3.60. The molecule has 0 atom stereocenters. The van der Waals surface area contributed by atoms with Gasteiger partial charge in [0.05, 0.1) is 0 Å². The second kappa shape index (κ2) is 4.55. The first-order chi connectivity index (χ1) is 5.33. The normalized spacial score (nSPS) is 17.9. The molecule has 60 valence electrons. The van der Waals surface area contributed by atoms with Crippen molar-refractivity contribution in [2.24, 2.45) is 0 Å². The summed E-state index contributed by atoms with van der Waals surface area (Å²) in [5, 5.41) is 1.05. The molecule has 0 fully saturated rings. The van der Waals surface area contributed by atoms with Crippen LogP contribution in [0.15, 0.2) is 36.0 Å². The van der Waals surface area contributed by atoms with Crippen molar-refractivity contribution in [3.05, 3.63) is 36.0 Å². The minimum atomic E-state index is 1.04. The highest BCUT2D eigenvalue weighted by Gasteiger charge is 1.97. The Morgan fingerprint density at radius 3 is 3.00 bits per heavy atom. The topological polar surface area (TPSA) is 0 Å². The Morgan fingerprint density at radius 2 is 2.27 bits per heavy atom. The van der Waals surface area contributed by atoms with E-state index in [1.807, 2.05) is 0 Å². The van der Waals surface area contributed by atoms with Gasteiger partial charge in [-0.25, -0.2) is 0 Å². The fourth-order valence-electron chi connectivity index (χ4n) is 1.10. The van der Waals surface area contributed by atoms with Crippen LogP contribution in [-0.4, -0.2) is 5.33 Å². The van der Waals surface area contributed by atoms with Gasteiger partial charge in [0.2, 0.25) is 0 Å². The molecule has 1 rings (SSSR count). The van der Waals surface area contributed by atoms with E-state index in [1.54, 1.807) is 0 Å². The SMILES string of the molecule is C=C1CC=CC(CCBr)=CC1. The van der Waals surface area contributed by atoms with Crippen LogP contribution in [0, 0.1) is 0 Å². The van der Waals surface area contributed by atoms with Gasteiger partial charge in [-0.2, -0.15) is 0 Å². The van der Waals surface area contributed by atoms with Gasteiger partial charge >= 0.3 is 0 Å². The Morgan fingerprint density at radius 1 is 1.45 bits per heavy atom. The molecule has 0 amide bonds. The van der Waals surface area contributed by atoms with Crippen molar-refractivity contribution in [2.45, 2.75) is 19.3 Å². The smallest absolute Gasteiger partial charge is 0.00716 e. The lowest BCUT2D eigenvalue weighted by Gasteiger charge is -1.95. The average Bonchev–Trinajstić information content (AvgIpc) is 2.17. The molecule has 0 saturated carbocycles. The molecule has 0 unspecified atom stereocenters. The Labute approximate surface area is 76.8 Å². The Kier molecular flexibility index (Phi) is 3.64. The molecule has 11 heavy (non-hydrogen) atoms. The zero-order valence-corrected chi connectivity index (χ0v) is 8.23. The van der Waals surface area contributed by atoms with Gasteiger partial charge in [-0.15, -0.1) is 0 Å². The van der Waals surface area contributed by atoms with Gasteiger partial charge in [-0.1, -0.05) is 51.9 Å². The lowest BCUT2D eigenvalue weighted by Crippen LogP contribution is -1.78. The first kappa shape index (κ1) is 8.79. The van der Waals surface area contributed by atoms with Crippen molar-refractivity contribution < 1.29 is 0 Å². The summed E-state index contributed by atoms with van der Waals surface area (Å²) in [6.45, 7) is 3.96. The fraction of sp³-hybridized carbons (Fsp3) is 0.400. The number of hydrogen-bond donors (Lipinski definition) is 0. The summed E-state index contributed by atoms with van der Waals surface area (Å²) in [4.78, 5) is 0. The van der Waals surface area contributed by atoms with E-state index >= 15 is 0 Å². The fourth-order valence-corrected chi connectivity index (χ4v) is 1.56. The number of alkyl halides is 1. The van der Waals surface area contributed by atoms with Gasteiger partial charge in [0.25, 0.3) is 0 Å². The van der Waals surface area contributed by atoms with E-state index in [0.717, 1.165) is 24.6 Å². The molecular weight excluding hydrogens is 200 g/mol. The van der Waals surface area contributed by atoms with Crippen molar-refractivity contribution in [1.29, 1.82) is 0 Å². The highest BCUT2D eigenvalue weighted by Crippen LogP contribution is 2.16. The molecule has 0 aromatic heterocycles. The summed E-state index contributed by atoms with van der Waals surface area (Å²) >= 11 is 3.43. The minimum Gasteiger partial charge on any atom is -0.0992 e. The second-order valence-corrected chi connectivity index (χ2v) is 3.57. The van der Waals surface area contributed by atoms with E-state index in [-0.39, 0.29) is 0 Å². The summed E-state index contributed by atoms with van der Waals surface area (Å²) in [6.07, 6.45) is 9.90. The first-order valence-corrected chi connectivity index (χ1v) is 5.03. The maximum Gasteiger partial charge on any atom is 0.00716 e. The number of rotatable bonds is 2. The number of allylic oxidation sites excluding steroid dienone is 5. The van der Waals surface area contributed by atoms with Crippen molar-refractivity contribution in [3.63, 3.8) is 0 Å². The maximum atomic E-state index is 3.96. The van der Waals surface area contributed by atoms with E-state index in [4.69, 9.17) is 0 Å². The highest BCUT2D eigenvalue weighted by molar-refractivity contribution is 9.09. The monoisotopic (exact) mass is 212 g/mol. The molecule has 0 nitrogen and oxygen atoms in total. The van der Waals surface area contributed by atoms with Crippen LogP contribution in [0.4, 0.5) is 0 Å². The summed E-state index contributed by atoms with van der Waals surface area (Å²) in [6, 6.07) is 0. The molecule has 0 heterocycles. The van der Waals surface area contributed by atoms with Gasteiger partial charge in [0.15, 0.2) is 0 Å². The molecule has 0 aliphatic heterocycles. The van der Waals surface area contributed by atoms with Crippen LogP contribution in [0.5, 0.6) is 0 Å². The van der Waals surface area contributed by atoms with Crippen LogP contribution in [-0.2, 0) is 0 Å². The van der Waals surface area contributed by atoms with Crippen molar-refractivity contribution in [1.82, 2.24) is 0 Å². The zero-order valence-electron chi connectivity index (χ0n) is 6.65. The van der Waals surface area contributed by atoms with Crippen molar-refractivity contribution in [2.75, 3.05) is 5.33 Å². The molecule has 0 N–H and O–H groups in total. The van der Waals surface area contributed by atoms with Crippen LogP contribution in [0.2, 0.25) is 0 Å². The van der Waals surface area contributed by atoms with Gasteiger partial charge in [0.1, 0.15) is 0 Å². The Hall–Kier alpha value is -0.300. The number of halogens is 1. The second-order valence-electron chi connectivity index (χ2n) is 2.78. The molecule has 1 aliphatic carbocycles. The third-order valence-corrected chi connectivity index (χ3v) is 2.17. The minimum absolute atomic E-state index is 1.04. The molecular formula is C10H13Br. The van der Waals surface area contributed by atoms with Crippen LogP contribution >= 0.6 is 15.9 Å². The highest BCUT2D eigenvalue weighted by atomic mass is 79.9. The summed E-state index contributed by atoms with van der Waals surface area (Å²) in [5.74, 6) is 0. The molecule has 0 aromatic rings. The molecule has 0 spiro atoms. The molecule has 0 radical (unpaired) electrons. The largest absolute Gasteiger partial charge is 0.0992 e. The van der Waals surface area contributed by atoms with Crippen molar-refractivity contribution >= 4 is 15.9 Å². The zero-order chi connectivity index (χ0) is 8.10. The third kappa shape index (κ3) is 3.06. The van der Waals surface area contributed by atoms with Gasteiger partial charge in [-0.3, -0.25) is 0 Å². The van der Waals surface area contributed by atoms with Crippen LogP contribution in [0.25, 0.3) is 0 Å². The third-order valence-electron chi connectivity index (χ3n) is 1.77. The summed E-state index contributed by atoms with van der Waals surface area (Å²) < 4.78 is 0. The average molecular weight is 213 g/mol. The van der Waals surface area contributed by atoms with E-state index in [9.17, 15) is 0 Å². The summed E-state index contributed by atoms with van der Waals surface area (Å²) in [7, 11) is 0. The summed E-state index contributed by atoms with van der Waals surface area (Å²) in [5.41, 5.74) is 2.74. The molecule has 0 aromatic carbocycles. The maximum absolute atomic E-state index is 3.96. The Balaban J connectivity index is 2.57. The first-order valence-electron chi connectivity index (χ1n) is 3.91. The lowest BCUT2D eigenvalue weighted by atomic mass is 10.1. The van der Waals surface area contributed by atoms with Crippen molar-refractivity contribution in [3.8, 4) is 0 Å². The van der Waals surface area contributed by atoms with E-state index in [0.29, 0.717) is 0 Å². The van der Waals surface area contributed by atoms with E-state index in [2.05, 4.69) is 40.7 Å². The lowest BCUT2D eigenvalue weighted by molar-refractivity contribution is 1.11. The molecule has 0 bridgehead atoms. The Bertz CT molecular complexity index is 199. The van der Waals surface area contributed by atoms with Gasteiger partial charge < -0.3 is 0 Å².